The molecule has 0 aliphatic carbocycles. The number of anilines is 1. The van der Waals surface area contributed by atoms with Gasteiger partial charge in [0, 0.05) is 24.6 Å². The van der Waals surface area contributed by atoms with Crippen molar-refractivity contribution in [3.8, 4) is 0 Å². The van der Waals surface area contributed by atoms with Crippen LogP contribution in [0.3, 0.4) is 0 Å². The number of hydrazine groups is 1. The highest BCUT2D eigenvalue weighted by Crippen LogP contribution is 2.40. The van der Waals surface area contributed by atoms with Crippen molar-refractivity contribution < 1.29 is 21.8 Å². The van der Waals surface area contributed by atoms with Gasteiger partial charge in [-0.25, -0.2) is 5.32 Å². The van der Waals surface area contributed by atoms with Crippen LogP contribution in [0.1, 0.15) is 18.1 Å². The van der Waals surface area contributed by atoms with E-state index in [1.807, 2.05) is 55.5 Å². The van der Waals surface area contributed by atoms with Gasteiger partial charge >= 0.3 is 0 Å². The van der Waals surface area contributed by atoms with Crippen molar-refractivity contribution >= 4 is 23.1 Å². The first-order valence-corrected chi connectivity index (χ1v) is 7.03. The molecule has 2 aromatic carbocycles. The minimum Gasteiger partial charge on any atom is -1.00 e. The largest absolute Gasteiger partial charge is 1.00 e. The number of benzene rings is 2. The van der Waals surface area contributed by atoms with Gasteiger partial charge in [-0.2, -0.15) is 0 Å². The molecule has 1 aliphatic rings. The van der Waals surface area contributed by atoms with Gasteiger partial charge in [-0.15, -0.1) is 4.68 Å². The van der Waals surface area contributed by atoms with Crippen LogP contribution in [0, 0.1) is 0 Å². The van der Waals surface area contributed by atoms with Crippen LogP contribution in [0.4, 0.5) is 5.69 Å². The second kappa shape index (κ2) is 6.16. The maximum absolute atomic E-state index is 6.33. The molecule has 0 fully saturated rings. The molecule has 0 aromatic heterocycles. The Labute approximate surface area is 140 Å². The molecular formula is C16H17Cl2N3O. The average Bonchev–Trinajstić information content (AvgIpc) is 2.51. The Kier molecular flexibility index (Phi) is 4.66. The highest BCUT2D eigenvalue weighted by molar-refractivity contribution is 6.30. The fraction of sp³-hybridized carbons (Fsp3) is 0.188. The zero-order chi connectivity index (χ0) is 15.0. The summed E-state index contributed by atoms with van der Waals surface area (Å²) in [5.74, 6) is 7.13. The summed E-state index contributed by atoms with van der Waals surface area (Å²) in [4.78, 5) is 0. The normalized spacial score (nSPS) is 20.0. The summed E-state index contributed by atoms with van der Waals surface area (Å²) < 4.78 is 7.51. The number of nitrogens with zero attached hydrogens (tertiary/aromatic N) is 1. The summed E-state index contributed by atoms with van der Waals surface area (Å²) in [5, 5.41) is 3.91. The summed E-state index contributed by atoms with van der Waals surface area (Å²) in [7, 11) is 1.65. The summed E-state index contributed by atoms with van der Waals surface area (Å²) in [5.41, 5.74) is 1.86. The number of methoxy groups -OCH3 is 1. The van der Waals surface area contributed by atoms with Crippen molar-refractivity contribution in [2.75, 3.05) is 12.4 Å². The maximum Gasteiger partial charge on any atom is 0.288 e. The van der Waals surface area contributed by atoms with Gasteiger partial charge in [0.05, 0.1) is 5.56 Å². The molecule has 2 aromatic rings. The molecule has 1 unspecified atom stereocenters. The minimum atomic E-state index is -0.906. The van der Waals surface area contributed by atoms with Gasteiger partial charge in [0.25, 0.3) is 11.6 Å². The number of hydrazone groups is 1. The summed E-state index contributed by atoms with van der Waals surface area (Å²) in [6, 6.07) is 15.5. The number of nitrogens with two attached hydrogens (primary N) is 1. The third kappa shape index (κ3) is 2.33. The molecule has 3 N–H and O–H groups in total. The molecule has 0 spiro atoms. The van der Waals surface area contributed by atoms with E-state index in [2.05, 4.69) is 5.32 Å². The van der Waals surface area contributed by atoms with Crippen LogP contribution in [0.15, 0.2) is 48.5 Å². The summed E-state index contributed by atoms with van der Waals surface area (Å²) in [6.45, 7) is 1.91. The van der Waals surface area contributed by atoms with Gasteiger partial charge in [0.2, 0.25) is 0 Å². The third-order valence-electron chi connectivity index (χ3n) is 3.82. The van der Waals surface area contributed by atoms with E-state index in [1.54, 1.807) is 11.8 Å². The molecule has 0 saturated carbocycles. The molecule has 0 bridgehead atoms. The number of nitrogens with one attached hydrogen (secondary N) is 1. The van der Waals surface area contributed by atoms with E-state index in [0.717, 1.165) is 22.6 Å². The molecule has 6 heteroatoms. The number of hydrogen-bond acceptors (Lipinski definition) is 3. The monoisotopic (exact) mass is 337 g/mol. The Bertz CT molecular complexity index is 719. The number of ether oxygens (including phenoxy) is 1. The first-order chi connectivity index (χ1) is 10.1. The molecule has 0 radical (unpaired) electrons. The van der Waals surface area contributed by atoms with Gasteiger partial charge in [0.1, 0.15) is 5.69 Å². The van der Waals surface area contributed by atoms with E-state index in [-0.39, 0.29) is 12.4 Å². The first kappa shape index (κ1) is 16.6. The molecule has 3 rings (SSSR count). The fourth-order valence-corrected chi connectivity index (χ4v) is 2.98. The third-order valence-corrected chi connectivity index (χ3v) is 4.06. The Morgan fingerprint density at radius 1 is 1.18 bits per heavy atom. The minimum absolute atomic E-state index is 0. The Hall–Kier alpha value is -1.75. The predicted octanol–water partition coefficient (Wildman–Crippen LogP) is -0.0784. The number of hydrogen-bond donors (Lipinski definition) is 2. The van der Waals surface area contributed by atoms with E-state index >= 15 is 0 Å². The SMILES string of the molecule is COC1(c2ccccc2)c2cc(Cl)ccc2NC(C)=[N+]1N.[Cl-]. The molecule has 1 atom stereocenters. The first-order valence-electron chi connectivity index (χ1n) is 6.66. The lowest BCUT2D eigenvalue weighted by atomic mass is 9.91. The van der Waals surface area contributed by atoms with Crippen LogP contribution in [-0.2, 0) is 10.5 Å². The summed E-state index contributed by atoms with van der Waals surface area (Å²) in [6.07, 6.45) is 0. The maximum atomic E-state index is 6.33. The fourth-order valence-electron chi connectivity index (χ4n) is 2.81. The van der Waals surface area contributed by atoms with Gasteiger partial charge in [-0.3, -0.25) is 5.84 Å². The molecular weight excluding hydrogens is 321 g/mol. The van der Waals surface area contributed by atoms with Gasteiger partial charge < -0.3 is 17.1 Å². The molecule has 0 saturated heterocycles. The van der Waals surface area contributed by atoms with Crippen LogP contribution in [-0.4, -0.2) is 17.6 Å². The Morgan fingerprint density at radius 3 is 2.50 bits per heavy atom. The highest BCUT2D eigenvalue weighted by Gasteiger charge is 2.48. The zero-order valence-electron chi connectivity index (χ0n) is 12.3. The van der Waals surface area contributed by atoms with Crippen molar-refractivity contribution in [1.82, 2.24) is 0 Å². The Balaban J connectivity index is 0.00000176. The topological polar surface area (TPSA) is 50.3 Å². The molecule has 116 valence electrons. The predicted molar refractivity (Wildman–Crippen MR) is 84.4 cm³/mol. The second-order valence-electron chi connectivity index (χ2n) is 4.98. The standard InChI is InChI=1S/C16H16ClN3O.ClH/c1-11-19-15-9-8-13(17)10-14(15)16(21-2,20(11)18)12-6-4-3-5-7-12;/h3-10H,18H2,1-2H3;1H. The number of halogens is 2. The lowest BCUT2D eigenvalue weighted by molar-refractivity contribution is -0.670. The van der Waals surface area contributed by atoms with Gasteiger partial charge in [-0.05, 0) is 18.2 Å². The molecule has 1 heterocycles. The van der Waals surface area contributed by atoms with Crippen LogP contribution in [0.5, 0.6) is 0 Å². The van der Waals surface area contributed by atoms with E-state index in [1.165, 1.54) is 0 Å². The van der Waals surface area contributed by atoms with Gasteiger partial charge in [0.15, 0.2) is 0 Å². The lowest BCUT2D eigenvalue weighted by Crippen LogP contribution is -3.00. The van der Waals surface area contributed by atoms with Crippen molar-refractivity contribution in [2.45, 2.75) is 12.6 Å². The molecule has 0 amide bonds. The zero-order valence-corrected chi connectivity index (χ0v) is 13.8. The van der Waals surface area contributed by atoms with E-state index in [4.69, 9.17) is 22.2 Å². The van der Waals surface area contributed by atoms with Crippen LogP contribution < -0.4 is 23.6 Å². The van der Waals surface area contributed by atoms with E-state index in [0.29, 0.717) is 5.02 Å². The van der Waals surface area contributed by atoms with Crippen molar-refractivity contribution in [1.29, 1.82) is 0 Å². The quantitative estimate of drug-likeness (QED) is 0.595. The number of fused-ring (bicyclic) bond motifs is 1. The van der Waals surface area contributed by atoms with Crippen LogP contribution in [0.2, 0.25) is 5.02 Å². The Morgan fingerprint density at radius 2 is 1.86 bits per heavy atom. The van der Waals surface area contributed by atoms with Gasteiger partial charge in [-0.1, -0.05) is 41.9 Å². The van der Waals surface area contributed by atoms with Crippen molar-refractivity contribution in [2.24, 2.45) is 5.84 Å². The smallest absolute Gasteiger partial charge is 0.288 e. The van der Waals surface area contributed by atoms with Crippen molar-refractivity contribution in [3.05, 3.63) is 64.7 Å². The van der Waals surface area contributed by atoms with E-state index in [9.17, 15) is 0 Å². The van der Waals surface area contributed by atoms with Crippen LogP contribution >= 0.6 is 11.6 Å². The number of amidine groups is 1. The molecule has 22 heavy (non-hydrogen) atoms. The van der Waals surface area contributed by atoms with Crippen molar-refractivity contribution in [3.63, 3.8) is 0 Å². The lowest BCUT2D eigenvalue weighted by Gasteiger charge is -2.35. The second-order valence-corrected chi connectivity index (χ2v) is 5.42. The van der Waals surface area contributed by atoms with E-state index < -0.39 is 5.72 Å². The average molecular weight is 338 g/mol. The van der Waals surface area contributed by atoms with Crippen LogP contribution in [0.25, 0.3) is 0 Å². The molecule has 1 aliphatic heterocycles. The highest BCUT2D eigenvalue weighted by atomic mass is 35.5. The molecule has 4 nitrogen and oxygen atoms in total. The number of rotatable bonds is 2. The summed E-state index contributed by atoms with van der Waals surface area (Å²) >= 11 is 6.18.